The topological polar surface area (TPSA) is 12.4 Å². The molecular formula is C14H11NS. The molecule has 0 amide bonds. The van der Waals surface area contributed by atoms with Crippen LogP contribution in [0.5, 0.6) is 0 Å². The van der Waals surface area contributed by atoms with Crippen molar-refractivity contribution in [2.24, 2.45) is 4.99 Å². The Labute approximate surface area is 100 Å². The molecule has 0 saturated heterocycles. The second-order valence-corrected chi connectivity index (χ2v) is 3.77. The predicted octanol–water partition coefficient (Wildman–Crippen LogP) is 4.40. The molecule has 0 unspecified atom stereocenters. The number of nitrogens with zero attached hydrogens (tertiary/aromatic N) is 1. The first kappa shape index (κ1) is 10.7. The Balaban J connectivity index is 2.62. The normalized spacial score (nSPS) is 9.56. The second-order valence-electron chi connectivity index (χ2n) is 3.59. The maximum absolute atomic E-state index is 4.66. The summed E-state index contributed by atoms with van der Waals surface area (Å²) in [6.45, 7) is 2.07. The van der Waals surface area contributed by atoms with E-state index in [0.717, 1.165) is 16.8 Å². The molecule has 0 aromatic heterocycles. The lowest BCUT2D eigenvalue weighted by Crippen LogP contribution is -1.80. The van der Waals surface area contributed by atoms with Gasteiger partial charge in [-0.1, -0.05) is 42.0 Å². The largest absolute Gasteiger partial charge is 0.194 e. The van der Waals surface area contributed by atoms with Gasteiger partial charge in [0.15, 0.2) is 0 Å². The fraction of sp³-hybridized carbons (Fsp3) is 0.0714. The maximum atomic E-state index is 4.66. The number of benzene rings is 2. The van der Waals surface area contributed by atoms with Crippen molar-refractivity contribution >= 4 is 23.1 Å². The van der Waals surface area contributed by atoms with Crippen LogP contribution >= 0.6 is 12.2 Å². The highest BCUT2D eigenvalue weighted by atomic mass is 32.1. The zero-order valence-electron chi connectivity index (χ0n) is 8.97. The fourth-order valence-corrected chi connectivity index (χ4v) is 1.74. The minimum Gasteiger partial charge on any atom is -0.194 e. The van der Waals surface area contributed by atoms with E-state index in [0.29, 0.717) is 0 Å². The summed E-state index contributed by atoms with van der Waals surface area (Å²) in [7, 11) is 0. The lowest BCUT2D eigenvalue weighted by atomic mass is 10.0. The highest BCUT2D eigenvalue weighted by molar-refractivity contribution is 7.78. The van der Waals surface area contributed by atoms with Crippen LogP contribution in [0.25, 0.3) is 11.1 Å². The molecule has 0 N–H and O–H groups in total. The zero-order valence-corrected chi connectivity index (χ0v) is 9.79. The average molecular weight is 225 g/mol. The van der Waals surface area contributed by atoms with Gasteiger partial charge in [-0.05, 0) is 36.8 Å². The van der Waals surface area contributed by atoms with Crippen LogP contribution in [0.1, 0.15) is 5.56 Å². The minimum atomic E-state index is 0.867. The number of aliphatic imine (C=N–C) groups is 1. The van der Waals surface area contributed by atoms with Gasteiger partial charge in [0, 0.05) is 5.56 Å². The Morgan fingerprint density at radius 1 is 1.06 bits per heavy atom. The molecule has 1 nitrogen and oxygen atoms in total. The molecule has 0 spiro atoms. The monoisotopic (exact) mass is 225 g/mol. The molecule has 0 heterocycles. The van der Waals surface area contributed by atoms with Crippen molar-refractivity contribution in [2.45, 2.75) is 6.92 Å². The Kier molecular flexibility index (Phi) is 3.25. The molecular weight excluding hydrogens is 214 g/mol. The van der Waals surface area contributed by atoms with Gasteiger partial charge in [-0.25, -0.2) is 0 Å². The van der Waals surface area contributed by atoms with E-state index < -0.39 is 0 Å². The van der Waals surface area contributed by atoms with Crippen molar-refractivity contribution < 1.29 is 0 Å². The molecule has 0 aliphatic carbocycles. The van der Waals surface area contributed by atoms with Gasteiger partial charge in [0.2, 0.25) is 0 Å². The average Bonchev–Trinajstić information content (AvgIpc) is 2.33. The van der Waals surface area contributed by atoms with Crippen LogP contribution in [0.4, 0.5) is 5.69 Å². The summed E-state index contributed by atoms with van der Waals surface area (Å²) in [6, 6.07) is 16.3. The van der Waals surface area contributed by atoms with Crippen molar-refractivity contribution in [3.05, 3.63) is 54.1 Å². The Morgan fingerprint density at radius 3 is 2.50 bits per heavy atom. The smallest absolute Gasteiger partial charge is 0.0818 e. The van der Waals surface area contributed by atoms with Gasteiger partial charge in [-0.3, -0.25) is 0 Å². The lowest BCUT2D eigenvalue weighted by molar-refractivity contribution is 1.44. The summed E-state index contributed by atoms with van der Waals surface area (Å²) in [4.78, 5) is 4.09. The van der Waals surface area contributed by atoms with E-state index in [1.165, 1.54) is 5.56 Å². The summed E-state index contributed by atoms with van der Waals surface area (Å²) in [5.41, 5.74) is 4.32. The molecule has 16 heavy (non-hydrogen) atoms. The van der Waals surface area contributed by atoms with Crippen molar-refractivity contribution in [3.63, 3.8) is 0 Å². The number of hydrogen-bond donors (Lipinski definition) is 0. The number of hydrogen-bond acceptors (Lipinski definition) is 2. The summed E-state index contributed by atoms with van der Waals surface area (Å²) >= 11 is 4.66. The highest BCUT2D eigenvalue weighted by Crippen LogP contribution is 2.30. The van der Waals surface area contributed by atoms with E-state index in [9.17, 15) is 0 Å². The van der Waals surface area contributed by atoms with E-state index in [1.807, 2.05) is 30.3 Å². The third-order valence-corrected chi connectivity index (χ3v) is 2.49. The van der Waals surface area contributed by atoms with E-state index >= 15 is 0 Å². The van der Waals surface area contributed by atoms with Crippen LogP contribution < -0.4 is 0 Å². The third-order valence-electron chi connectivity index (χ3n) is 2.40. The molecule has 0 radical (unpaired) electrons. The van der Waals surface area contributed by atoms with Crippen LogP contribution in [-0.4, -0.2) is 5.16 Å². The van der Waals surface area contributed by atoms with Gasteiger partial charge < -0.3 is 0 Å². The van der Waals surface area contributed by atoms with Crippen LogP contribution in [0.15, 0.2) is 53.5 Å². The maximum Gasteiger partial charge on any atom is 0.0818 e. The van der Waals surface area contributed by atoms with E-state index in [1.54, 1.807) is 0 Å². The summed E-state index contributed by atoms with van der Waals surface area (Å²) < 4.78 is 0. The molecule has 2 rings (SSSR count). The molecule has 78 valence electrons. The van der Waals surface area contributed by atoms with Crippen LogP contribution in [0, 0.1) is 6.92 Å². The fourth-order valence-electron chi connectivity index (χ4n) is 1.65. The molecule has 0 aliphatic rings. The summed E-state index contributed by atoms with van der Waals surface area (Å²) in [6.07, 6.45) is 0. The van der Waals surface area contributed by atoms with Gasteiger partial charge in [0.25, 0.3) is 0 Å². The molecule has 2 heteroatoms. The second kappa shape index (κ2) is 4.84. The van der Waals surface area contributed by atoms with Gasteiger partial charge in [0.05, 0.1) is 10.8 Å². The van der Waals surface area contributed by atoms with Gasteiger partial charge in [-0.2, -0.15) is 4.99 Å². The molecule has 0 bridgehead atoms. The summed E-state index contributed by atoms with van der Waals surface area (Å²) in [5, 5.41) is 2.42. The van der Waals surface area contributed by atoms with Crippen LogP contribution in [0.3, 0.4) is 0 Å². The van der Waals surface area contributed by atoms with Crippen molar-refractivity contribution in [1.29, 1.82) is 0 Å². The van der Waals surface area contributed by atoms with Crippen molar-refractivity contribution in [3.8, 4) is 11.1 Å². The molecule has 2 aromatic rings. The quantitative estimate of drug-likeness (QED) is 0.545. The first-order chi connectivity index (χ1) is 7.81. The van der Waals surface area contributed by atoms with Crippen LogP contribution in [0.2, 0.25) is 0 Å². The highest BCUT2D eigenvalue weighted by Gasteiger charge is 2.03. The molecule has 0 fully saturated rings. The van der Waals surface area contributed by atoms with Gasteiger partial charge in [-0.15, -0.1) is 0 Å². The van der Waals surface area contributed by atoms with Crippen molar-refractivity contribution in [1.82, 2.24) is 0 Å². The SMILES string of the molecule is Cc1ccc(N=C=S)c(-c2ccccc2)c1. The number of aryl methyl sites for hydroxylation is 1. The lowest BCUT2D eigenvalue weighted by Gasteiger charge is -2.06. The van der Waals surface area contributed by atoms with E-state index in [4.69, 9.17) is 0 Å². The first-order valence-corrected chi connectivity index (χ1v) is 5.46. The minimum absolute atomic E-state index is 0.867. The third kappa shape index (κ3) is 2.25. The molecule has 0 atom stereocenters. The van der Waals surface area contributed by atoms with E-state index in [2.05, 4.69) is 47.5 Å². The Hall–Kier alpha value is -1.76. The van der Waals surface area contributed by atoms with Gasteiger partial charge in [0.1, 0.15) is 0 Å². The molecule has 0 aliphatic heterocycles. The number of rotatable bonds is 2. The zero-order chi connectivity index (χ0) is 11.4. The summed E-state index contributed by atoms with van der Waals surface area (Å²) in [5.74, 6) is 0. The predicted molar refractivity (Wildman–Crippen MR) is 71.3 cm³/mol. The Morgan fingerprint density at radius 2 is 1.81 bits per heavy atom. The molecule has 0 saturated carbocycles. The van der Waals surface area contributed by atoms with E-state index in [-0.39, 0.29) is 0 Å². The van der Waals surface area contributed by atoms with Crippen molar-refractivity contribution in [2.75, 3.05) is 0 Å². The first-order valence-electron chi connectivity index (χ1n) is 5.05. The standard InChI is InChI=1S/C14H11NS/c1-11-7-8-14(15-10-16)13(9-11)12-5-3-2-4-6-12/h2-9H,1H3. The van der Waals surface area contributed by atoms with Crippen LogP contribution in [-0.2, 0) is 0 Å². The number of thiocarbonyl (C=S) groups is 1. The number of isothiocyanates is 1. The molecule has 2 aromatic carbocycles. The van der Waals surface area contributed by atoms with Gasteiger partial charge >= 0.3 is 0 Å². The Bertz CT molecular complexity index is 540.